The van der Waals surface area contributed by atoms with Crippen molar-refractivity contribution in [2.75, 3.05) is 5.32 Å². The van der Waals surface area contributed by atoms with Gasteiger partial charge in [0.15, 0.2) is 0 Å². The van der Waals surface area contributed by atoms with E-state index >= 15 is 0 Å². The zero-order valence-electron chi connectivity index (χ0n) is 13.7. The van der Waals surface area contributed by atoms with Crippen LogP contribution in [-0.2, 0) is 0 Å². The number of allylic oxidation sites excluding steroid dienone is 1. The number of halogens is 3. The van der Waals surface area contributed by atoms with Gasteiger partial charge < -0.3 is 5.32 Å². The van der Waals surface area contributed by atoms with Crippen LogP contribution in [-0.4, -0.2) is 6.21 Å². The van der Waals surface area contributed by atoms with Crippen LogP contribution < -0.4 is 5.32 Å². The smallest absolute Gasteiger partial charge is 0.0630 e. The fraction of sp³-hybridized carbons (Fsp3) is 0. The van der Waals surface area contributed by atoms with E-state index in [1.165, 1.54) is 0 Å². The van der Waals surface area contributed by atoms with E-state index in [1.807, 2.05) is 78.9 Å². The molecule has 0 amide bonds. The number of hydrogen-bond acceptors (Lipinski definition) is 2. The maximum atomic E-state index is 6.02. The van der Waals surface area contributed by atoms with E-state index in [2.05, 4.69) is 42.2 Å². The first kappa shape index (κ1) is 18.9. The highest BCUT2D eigenvalue weighted by molar-refractivity contribution is 9.10. The summed E-state index contributed by atoms with van der Waals surface area (Å²) < 4.78 is 2.07. The van der Waals surface area contributed by atoms with Crippen molar-refractivity contribution < 1.29 is 0 Å². The quantitative estimate of drug-likeness (QED) is 0.364. The van der Waals surface area contributed by atoms with Crippen LogP contribution in [0.4, 0.5) is 11.4 Å². The molecule has 0 radical (unpaired) electrons. The van der Waals surface area contributed by atoms with E-state index in [0.29, 0.717) is 5.02 Å². The fourth-order valence-corrected chi connectivity index (χ4v) is 2.91. The molecular weight excluding hydrogens is 476 g/mol. The minimum atomic E-state index is 0.709. The molecule has 0 aliphatic carbocycles. The topological polar surface area (TPSA) is 24.4 Å². The van der Waals surface area contributed by atoms with Crippen LogP contribution in [0.3, 0.4) is 0 Å². The maximum absolute atomic E-state index is 6.02. The van der Waals surface area contributed by atoms with Crippen molar-refractivity contribution in [1.82, 2.24) is 0 Å². The second-order valence-electron chi connectivity index (χ2n) is 5.47. The fourth-order valence-electron chi connectivity index (χ4n) is 2.25. The van der Waals surface area contributed by atoms with Crippen molar-refractivity contribution in [1.29, 1.82) is 0 Å². The zero-order valence-corrected chi connectivity index (χ0v) is 17.6. The molecule has 3 aromatic rings. The molecule has 0 aliphatic rings. The lowest BCUT2D eigenvalue weighted by Gasteiger charge is -2.11. The minimum absolute atomic E-state index is 0.709. The Bertz CT molecular complexity index is 916. The Kier molecular flexibility index (Phi) is 6.67. The molecular formula is C21H15Br2ClN2. The van der Waals surface area contributed by atoms with Crippen LogP contribution in [0.1, 0.15) is 5.56 Å². The molecule has 0 heterocycles. The van der Waals surface area contributed by atoms with Crippen LogP contribution >= 0.6 is 43.5 Å². The van der Waals surface area contributed by atoms with E-state index < -0.39 is 0 Å². The summed E-state index contributed by atoms with van der Waals surface area (Å²) in [6, 6.07) is 23.6. The Hall–Kier alpha value is -1.88. The zero-order chi connectivity index (χ0) is 18.4. The maximum Gasteiger partial charge on any atom is 0.0630 e. The molecule has 130 valence electrons. The molecule has 0 aromatic heterocycles. The Morgan fingerprint density at radius 3 is 2.00 bits per heavy atom. The van der Waals surface area contributed by atoms with Gasteiger partial charge in [-0.15, -0.1) is 0 Å². The number of hydrogen-bond donors (Lipinski definition) is 1. The third-order valence-corrected chi connectivity index (χ3v) is 4.88. The van der Waals surface area contributed by atoms with Gasteiger partial charge in [-0.3, -0.25) is 4.99 Å². The second kappa shape index (κ2) is 9.17. The number of benzene rings is 3. The van der Waals surface area contributed by atoms with E-state index in [-0.39, 0.29) is 0 Å². The van der Waals surface area contributed by atoms with Gasteiger partial charge in [0.2, 0.25) is 0 Å². The van der Waals surface area contributed by atoms with Gasteiger partial charge >= 0.3 is 0 Å². The van der Waals surface area contributed by atoms with Crippen LogP contribution in [0.2, 0.25) is 5.02 Å². The lowest BCUT2D eigenvalue weighted by molar-refractivity contribution is 1.51. The predicted octanol–water partition coefficient (Wildman–Crippen LogP) is 7.72. The molecule has 0 saturated heterocycles. The highest BCUT2D eigenvalue weighted by Gasteiger charge is 2.02. The summed E-state index contributed by atoms with van der Waals surface area (Å²) in [6.45, 7) is 0. The van der Waals surface area contributed by atoms with Crippen molar-refractivity contribution in [2.24, 2.45) is 4.99 Å². The summed E-state index contributed by atoms with van der Waals surface area (Å²) in [5.74, 6) is 0. The van der Waals surface area contributed by atoms with Gasteiger partial charge in [0.1, 0.15) is 0 Å². The van der Waals surface area contributed by atoms with Crippen molar-refractivity contribution in [3.05, 3.63) is 98.4 Å². The first-order valence-corrected chi connectivity index (χ1v) is 9.85. The number of aliphatic imine (C=N–C) groups is 1. The molecule has 0 bridgehead atoms. The van der Waals surface area contributed by atoms with Crippen molar-refractivity contribution in [3.63, 3.8) is 0 Å². The summed E-state index contributed by atoms with van der Waals surface area (Å²) in [5, 5.41) is 4.14. The van der Waals surface area contributed by atoms with Gasteiger partial charge in [-0.05, 0) is 72.3 Å². The SMILES string of the molecule is Clc1ccc(C(=CC=Nc2ccc(Br)cc2)Nc2ccc(Br)cc2)cc1. The number of rotatable bonds is 5. The largest absolute Gasteiger partial charge is 0.355 e. The van der Waals surface area contributed by atoms with E-state index in [9.17, 15) is 0 Å². The Morgan fingerprint density at radius 1 is 0.808 bits per heavy atom. The average molecular weight is 491 g/mol. The molecule has 0 spiro atoms. The van der Waals surface area contributed by atoms with Crippen LogP contribution in [0, 0.1) is 0 Å². The Labute approximate surface area is 174 Å². The van der Waals surface area contributed by atoms with Crippen molar-refractivity contribution >= 4 is 66.7 Å². The standard InChI is InChI=1S/C21H15Br2ClN2/c22-16-3-9-19(10-4-16)25-14-13-21(15-1-7-18(24)8-2-15)26-20-11-5-17(23)6-12-20/h1-14,26H. The summed E-state index contributed by atoms with van der Waals surface area (Å²) in [6.07, 6.45) is 3.74. The second-order valence-corrected chi connectivity index (χ2v) is 7.74. The average Bonchev–Trinajstić information content (AvgIpc) is 2.65. The molecule has 0 atom stereocenters. The molecule has 1 N–H and O–H groups in total. The summed E-state index contributed by atoms with van der Waals surface area (Å²) in [7, 11) is 0. The van der Waals surface area contributed by atoms with Gasteiger partial charge in [-0.1, -0.05) is 55.6 Å². The predicted molar refractivity (Wildman–Crippen MR) is 119 cm³/mol. The van der Waals surface area contributed by atoms with Crippen molar-refractivity contribution in [2.45, 2.75) is 0 Å². The first-order chi connectivity index (χ1) is 12.6. The molecule has 5 heteroatoms. The molecule has 3 rings (SSSR count). The molecule has 0 saturated carbocycles. The van der Waals surface area contributed by atoms with Crippen LogP contribution in [0.25, 0.3) is 5.70 Å². The summed E-state index contributed by atoms with van der Waals surface area (Å²) >= 11 is 12.9. The van der Waals surface area contributed by atoms with Gasteiger partial charge in [0.25, 0.3) is 0 Å². The normalized spacial score (nSPS) is 11.7. The summed E-state index contributed by atoms with van der Waals surface area (Å²) in [5.41, 5.74) is 3.85. The van der Waals surface area contributed by atoms with E-state index in [0.717, 1.165) is 31.6 Å². The molecule has 3 aromatic carbocycles. The van der Waals surface area contributed by atoms with Crippen molar-refractivity contribution in [3.8, 4) is 0 Å². The molecule has 0 aliphatic heterocycles. The number of anilines is 1. The summed E-state index contributed by atoms with van der Waals surface area (Å²) in [4.78, 5) is 4.49. The minimum Gasteiger partial charge on any atom is -0.355 e. The first-order valence-electron chi connectivity index (χ1n) is 7.88. The molecule has 0 unspecified atom stereocenters. The number of nitrogens with one attached hydrogen (secondary N) is 1. The Morgan fingerprint density at radius 2 is 1.38 bits per heavy atom. The highest BCUT2D eigenvalue weighted by Crippen LogP contribution is 2.22. The molecule has 26 heavy (non-hydrogen) atoms. The van der Waals surface area contributed by atoms with Crippen LogP contribution in [0.15, 0.2) is 92.8 Å². The van der Waals surface area contributed by atoms with Crippen LogP contribution in [0.5, 0.6) is 0 Å². The monoisotopic (exact) mass is 488 g/mol. The van der Waals surface area contributed by atoms with Gasteiger partial charge in [0, 0.05) is 31.6 Å². The molecule has 0 fully saturated rings. The third-order valence-electron chi connectivity index (χ3n) is 3.57. The van der Waals surface area contributed by atoms with Gasteiger partial charge in [-0.25, -0.2) is 0 Å². The van der Waals surface area contributed by atoms with Gasteiger partial charge in [0.05, 0.1) is 5.69 Å². The molecule has 2 nitrogen and oxygen atoms in total. The Balaban J connectivity index is 1.87. The number of nitrogens with zero attached hydrogens (tertiary/aromatic N) is 1. The van der Waals surface area contributed by atoms with E-state index in [1.54, 1.807) is 6.21 Å². The lowest BCUT2D eigenvalue weighted by Crippen LogP contribution is -1.99. The van der Waals surface area contributed by atoms with E-state index in [4.69, 9.17) is 11.6 Å². The third kappa shape index (κ3) is 5.56. The van der Waals surface area contributed by atoms with Gasteiger partial charge in [-0.2, -0.15) is 0 Å². The highest BCUT2D eigenvalue weighted by atomic mass is 79.9. The lowest BCUT2D eigenvalue weighted by atomic mass is 10.1.